The average Bonchev–Trinajstić information content (AvgIpc) is 2.39. The molecule has 1 aromatic rings. The van der Waals surface area contributed by atoms with Gasteiger partial charge < -0.3 is 0 Å². The second-order valence-corrected chi connectivity index (χ2v) is 4.70. The number of nitrogens with two attached hydrogens (primary N) is 1. The molecule has 0 fully saturated rings. The van der Waals surface area contributed by atoms with Gasteiger partial charge in [0.2, 0.25) is 0 Å². The number of sulfone groups is 1. The lowest BCUT2D eigenvalue weighted by atomic mass is 10.3. The highest BCUT2D eigenvalue weighted by Crippen LogP contribution is 2.31. The molecule has 0 amide bonds. The minimum atomic E-state index is -3.18. The van der Waals surface area contributed by atoms with Crippen molar-refractivity contribution in [2.24, 2.45) is 5.84 Å². The van der Waals surface area contributed by atoms with Crippen LogP contribution >= 0.6 is 0 Å². The van der Waals surface area contributed by atoms with E-state index >= 15 is 0 Å². The van der Waals surface area contributed by atoms with E-state index in [1.807, 2.05) is 0 Å². The summed E-state index contributed by atoms with van der Waals surface area (Å²) in [6.45, 7) is 0. The Hall–Kier alpha value is -1.11. The van der Waals surface area contributed by atoms with Crippen LogP contribution in [0.25, 0.3) is 0 Å². The topological polar surface area (TPSA) is 75.4 Å². The number of fused-ring (bicyclic) bond motifs is 1. The van der Waals surface area contributed by atoms with Crippen molar-refractivity contribution in [1.29, 1.82) is 0 Å². The largest absolute Gasteiger partial charge is 0.278 e. The first-order valence-electron chi connectivity index (χ1n) is 3.71. The van der Waals surface area contributed by atoms with Crippen LogP contribution in [0.5, 0.6) is 0 Å². The van der Waals surface area contributed by atoms with E-state index in [2.05, 4.69) is 5.53 Å². The second kappa shape index (κ2) is 2.69. The van der Waals surface area contributed by atoms with Crippen LogP contribution in [0.4, 0.5) is 5.69 Å². The molecule has 0 atom stereocenters. The Kier molecular flexibility index (Phi) is 1.76. The van der Waals surface area contributed by atoms with E-state index in [9.17, 15) is 8.42 Å². The molecule has 0 unspecified atom stereocenters. The van der Waals surface area contributed by atoms with Crippen molar-refractivity contribution >= 4 is 15.5 Å². The van der Waals surface area contributed by atoms with E-state index in [0.717, 1.165) is 0 Å². The Morgan fingerprint density at radius 3 is 2.77 bits per heavy atom. The third kappa shape index (κ3) is 1.19. The summed E-state index contributed by atoms with van der Waals surface area (Å²) in [5.74, 6) is 5.07. The highest BCUT2D eigenvalue weighted by Gasteiger charge is 2.31. The molecular formula is C7H9N3O2S. The van der Waals surface area contributed by atoms with E-state index in [-0.39, 0.29) is 5.88 Å². The van der Waals surface area contributed by atoms with Crippen molar-refractivity contribution in [3.05, 3.63) is 24.3 Å². The molecule has 0 saturated carbocycles. The van der Waals surface area contributed by atoms with Gasteiger partial charge in [0.1, 0.15) is 5.88 Å². The van der Waals surface area contributed by atoms with E-state index < -0.39 is 9.84 Å². The Labute approximate surface area is 76.0 Å². The zero-order valence-corrected chi connectivity index (χ0v) is 7.58. The zero-order valence-electron chi connectivity index (χ0n) is 6.77. The molecular weight excluding hydrogens is 190 g/mol. The van der Waals surface area contributed by atoms with Gasteiger partial charge in [0.25, 0.3) is 0 Å². The number of nitrogens with one attached hydrogen (secondary N) is 1. The number of hydrogen-bond acceptors (Lipinski definition) is 5. The maximum atomic E-state index is 11.5. The first-order valence-corrected chi connectivity index (χ1v) is 5.36. The fraction of sp³-hybridized carbons (Fsp3) is 0.143. The van der Waals surface area contributed by atoms with Gasteiger partial charge in [0.05, 0.1) is 10.6 Å². The Morgan fingerprint density at radius 2 is 2.08 bits per heavy atom. The smallest absolute Gasteiger partial charge is 0.200 e. The van der Waals surface area contributed by atoms with Gasteiger partial charge in [-0.25, -0.2) is 8.42 Å². The quantitative estimate of drug-likeness (QED) is 0.476. The molecule has 1 aliphatic rings. The molecule has 5 nitrogen and oxygen atoms in total. The first-order chi connectivity index (χ1) is 6.15. The molecule has 2 rings (SSSR count). The Bertz CT molecular complexity index is 429. The molecule has 1 aliphatic heterocycles. The molecule has 70 valence electrons. The third-order valence-corrected chi connectivity index (χ3v) is 3.56. The van der Waals surface area contributed by atoms with Crippen LogP contribution in [0.2, 0.25) is 0 Å². The predicted octanol–water partition coefficient (Wildman–Crippen LogP) is -0.384. The number of anilines is 1. The first kappa shape index (κ1) is 8.49. The van der Waals surface area contributed by atoms with Crippen LogP contribution in [0, 0.1) is 0 Å². The molecule has 0 aliphatic carbocycles. The summed E-state index contributed by atoms with van der Waals surface area (Å²) >= 11 is 0. The number of hydrazine groups is 2. The van der Waals surface area contributed by atoms with Crippen LogP contribution in [0.3, 0.4) is 0 Å². The predicted molar refractivity (Wildman–Crippen MR) is 48.3 cm³/mol. The lowest BCUT2D eigenvalue weighted by Crippen LogP contribution is -2.42. The van der Waals surface area contributed by atoms with Gasteiger partial charge in [-0.1, -0.05) is 12.1 Å². The van der Waals surface area contributed by atoms with Crippen LogP contribution in [-0.2, 0) is 9.84 Å². The maximum Gasteiger partial charge on any atom is 0.200 e. The average molecular weight is 199 g/mol. The third-order valence-electron chi connectivity index (χ3n) is 1.95. The molecule has 0 aromatic heterocycles. The lowest BCUT2D eigenvalue weighted by molar-refractivity contribution is 0.595. The minimum absolute atomic E-state index is 0.108. The van der Waals surface area contributed by atoms with E-state index in [1.165, 1.54) is 5.01 Å². The van der Waals surface area contributed by atoms with E-state index in [1.54, 1.807) is 24.3 Å². The fourth-order valence-electron chi connectivity index (χ4n) is 1.36. The lowest BCUT2D eigenvalue weighted by Gasteiger charge is -2.13. The number of nitrogens with zero attached hydrogens (tertiary/aromatic N) is 1. The van der Waals surface area contributed by atoms with Crippen molar-refractivity contribution in [3.63, 3.8) is 0 Å². The van der Waals surface area contributed by atoms with Gasteiger partial charge in [0.15, 0.2) is 9.84 Å². The molecule has 0 spiro atoms. The number of benzene rings is 1. The Morgan fingerprint density at radius 1 is 1.38 bits per heavy atom. The summed E-state index contributed by atoms with van der Waals surface area (Å²) in [6.07, 6.45) is 0. The van der Waals surface area contributed by atoms with Crippen molar-refractivity contribution in [2.75, 3.05) is 10.9 Å². The SMILES string of the molecule is NNN1CS(=O)(=O)c2ccccc21. The molecule has 13 heavy (non-hydrogen) atoms. The monoisotopic (exact) mass is 199 g/mol. The molecule has 0 bridgehead atoms. The summed E-state index contributed by atoms with van der Waals surface area (Å²) < 4.78 is 23.0. The van der Waals surface area contributed by atoms with Crippen molar-refractivity contribution in [3.8, 4) is 0 Å². The van der Waals surface area contributed by atoms with Gasteiger partial charge in [-0.3, -0.25) is 10.9 Å². The minimum Gasteiger partial charge on any atom is -0.278 e. The molecule has 6 heteroatoms. The standard InChI is InChI=1S/C7H9N3O2S/c8-9-10-5-13(11,12)7-4-2-1-3-6(7)10/h1-4,9H,5,8H2. The molecule has 1 aromatic carbocycles. The van der Waals surface area contributed by atoms with Crippen LogP contribution in [0.1, 0.15) is 0 Å². The van der Waals surface area contributed by atoms with Crippen LogP contribution in [-0.4, -0.2) is 14.3 Å². The summed E-state index contributed by atoms with van der Waals surface area (Å²) in [5, 5.41) is 1.39. The molecule has 3 N–H and O–H groups in total. The fourth-order valence-corrected chi connectivity index (χ4v) is 2.83. The summed E-state index contributed by atoms with van der Waals surface area (Å²) in [7, 11) is -3.18. The highest BCUT2D eigenvalue weighted by molar-refractivity contribution is 7.92. The summed E-state index contributed by atoms with van der Waals surface area (Å²) in [6, 6.07) is 6.74. The second-order valence-electron chi connectivity index (χ2n) is 2.77. The van der Waals surface area contributed by atoms with Gasteiger partial charge >= 0.3 is 0 Å². The summed E-state index contributed by atoms with van der Waals surface area (Å²) in [4.78, 5) is 0.327. The van der Waals surface area contributed by atoms with Crippen molar-refractivity contribution in [1.82, 2.24) is 5.53 Å². The normalized spacial score (nSPS) is 18.7. The number of para-hydroxylation sites is 1. The summed E-state index contributed by atoms with van der Waals surface area (Å²) in [5.41, 5.74) is 2.93. The number of hydrogen-bond donors (Lipinski definition) is 2. The van der Waals surface area contributed by atoms with E-state index in [0.29, 0.717) is 10.6 Å². The molecule has 1 heterocycles. The number of rotatable bonds is 1. The van der Waals surface area contributed by atoms with Gasteiger partial charge in [-0.2, -0.15) is 5.53 Å². The highest BCUT2D eigenvalue weighted by atomic mass is 32.2. The van der Waals surface area contributed by atoms with Gasteiger partial charge in [0, 0.05) is 0 Å². The van der Waals surface area contributed by atoms with Crippen molar-refractivity contribution in [2.45, 2.75) is 4.90 Å². The van der Waals surface area contributed by atoms with Gasteiger partial charge in [-0.05, 0) is 12.1 Å². The van der Waals surface area contributed by atoms with Crippen LogP contribution < -0.4 is 16.4 Å². The molecule has 0 saturated heterocycles. The molecule has 0 radical (unpaired) electrons. The Balaban J connectivity index is 2.64. The van der Waals surface area contributed by atoms with Crippen molar-refractivity contribution < 1.29 is 8.42 Å². The van der Waals surface area contributed by atoms with E-state index in [4.69, 9.17) is 5.84 Å². The van der Waals surface area contributed by atoms with Crippen LogP contribution in [0.15, 0.2) is 29.2 Å². The zero-order chi connectivity index (χ0) is 9.47. The maximum absolute atomic E-state index is 11.5. The van der Waals surface area contributed by atoms with Gasteiger partial charge in [-0.15, -0.1) is 0 Å².